The van der Waals surface area contributed by atoms with Gasteiger partial charge in [0, 0.05) is 18.5 Å². The summed E-state index contributed by atoms with van der Waals surface area (Å²) >= 11 is 0. The number of ether oxygens (including phenoxy) is 1. The van der Waals surface area contributed by atoms with Crippen LogP contribution in [-0.2, 0) is 10.2 Å². The number of alkyl halides is 3. The fourth-order valence-electron chi connectivity index (χ4n) is 3.91. The molecule has 1 amide bonds. The van der Waals surface area contributed by atoms with Crippen molar-refractivity contribution in [3.05, 3.63) is 48.0 Å². The maximum Gasteiger partial charge on any atom is 0.409 e. The van der Waals surface area contributed by atoms with Gasteiger partial charge in [0.15, 0.2) is 0 Å². The monoisotopic (exact) mass is 349 g/mol. The van der Waals surface area contributed by atoms with Gasteiger partial charge in [0.1, 0.15) is 6.61 Å². The number of hydrogen-bond acceptors (Lipinski definition) is 2. The molecule has 0 spiro atoms. The second-order valence-electron chi connectivity index (χ2n) is 6.98. The second kappa shape index (κ2) is 5.64. The molecule has 4 rings (SSSR count). The largest absolute Gasteiger partial charge is 0.449 e. The first-order valence-corrected chi connectivity index (χ1v) is 8.35. The quantitative estimate of drug-likeness (QED) is 0.816. The van der Waals surface area contributed by atoms with Crippen LogP contribution in [0.25, 0.3) is 10.8 Å². The number of fused-ring (bicyclic) bond motifs is 2. The highest BCUT2D eigenvalue weighted by Gasteiger charge is 2.61. The van der Waals surface area contributed by atoms with E-state index in [9.17, 15) is 18.0 Å². The highest BCUT2D eigenvalue weighted by molar-refractivity contribution is 5.83. The van der Waals surface area contributed by atoms with Gasteiger partial charge in [-0.2, -0.15) is 13.2 Å². The molecule has 1 saturated heterocycles. The van der Waals surface area contributed by atoms with Crippen molar-refractivity contribution in [2.45, 2.75) is 24.4 Å². The summed E-state index contributed by atoms with van der Waals surface area (Å²) in [5, 5.41) is 2.33. The van der Waals surface area contributed by atoms with Crippen molar-refractivity contribution in [2.24, 2.45) is 5.92 Å². The molecule has 25 heavy (non-hydrogen) atoms. The van der Waals surface area contributed by atoms with Gasteiger partial charge in [0.05, 0.1) is 6.42 Å². The molecule has 132 valence electrons. The van der Waals surface area contributed by atoms with Crippen LogP contribution in [0.4, 0.5) is 18.0 Å². The van der Waals surface area contributed by atoms with E-state index in [0.717, 1.165) is 11.8 Å². The van der Waals surface area contributed by atoms with Crippen LogP contribution < -0.4 is 0 Å². The van der Waals surface area contributed by atoms with Crippen LogP contribution >= 0.6 is 0 Å². The third-order valence-electron chi connectivity index (χ3n) is 5.34. The molecule has 0 radical (unpaired) electrons. The van der Waals surface area contributed by atoms with Crippen LogP contribution in [-0.4, -0.2) is 36.9 Å². The van der Waals surface area contributed by atoms with Gasteiger partial charge in [-0.1, -0.05) is 42.5 Å². The Hall–Kier alpha value is -2.24. The molecule has 2 fully saturated rings. The van der Waals surface area contributed by atoms with E-state index in [-0.39, 0.29) is 5.41 Å². The number of benzene rings is 2. The van der Waals surface area contributed by atoms with Gasteiger partial charge in [-0.15, -0.1) is 0 Å². The van der Waals surface area contributed by atoms with Crippen molar-refractivity contribution in [1.82, 2.24) is 4.90 Å². The molecule has 1 aliphatic carbocycles. The maximum absolute atomic E-state index is 12.2. The number of likely N-dealkylation sites (tertiary alicyclic amines) is 1. The van der Waals surface area contributed by atoms with E-state index >= 15 is 0 Å². The molecular weight excluding hydrogens is 331 g/mol. The van der Waals surface area contributed by atoms with Crippen molar-refractivity contribution in [1.29, 1.82) is 0 Å². The van der Waals surface area contributed by atoms with Crippen LogP contribution in [0.5, 0.6) is 0 Å². The van der Waals surface area contributed by atoms with E-state index in [2.05, 4.69) is 30.3 Å². The van der Waals surface area contributed by atoms with Crippen LogP contribution in [0.15, 0.2) is 42.5 Å². The lowest BCUT2D eigenvalue weighted by molar-refractivity contribution is -0.141. The topological polar surface area (TPSA) is 29.5 Å². The van der Waals surface area contributed by atoms with Crippen LogP contribution in [0, 0.1) is 5.92 Å². The predicted molar refractivity (Wildman–Crippen MR) is 87.3 cm³/mol. The Kier molecular flexibility index (Phi) is 3.67. The molecular formula is C19H18F3NO2. The van der Waals surface area contributed by atoms with Crippen molar-refractivity contribution in [3.8, 4) is 0 Å². The molecule has 2 aromatic rings. The first-order chi connectivity index (χ1) is 11.9. The zero-order valence-corrected chi connectivity index (χ0v) is 13.6. The molecule has 0 aromatic heterocycles. The Bertz CT molecular complexity index is 820. The molecule has 0 bridgehead atoms. The Morgan fingerprint density at radius 1 is 1.20 bits per heavy atom. The first kappa shape index (κ1) is 16.2. The molecule has 3 nitrogen and oxygen atoms in total. The molecule has 1 heterocycles. The number of hydrogen-bond donors (Lipinski definition) is 0. The van der Waals surface area contributed by atoms with E-state index in [4.69, 9.17) is 4.74 Å². The van der Waals surface area contributed by atoms with Crippen molar-refractivity contribution in [3.63, 3.8) is 0 Å². The van der Waals surface area contributed by atoms with Gasteiger partial charge in [-0.25, -0.2) is 4.79 Å². The Labute approximate surface area is 143 Å². The number of halogens is 3. The number of rotatable bonds is 3. The zero-order valence-electron chi connectivity index (χ0n) is 13.6. The number of piperidine rings is 1. The highest BCUT2D eigenvalue weighted by Crippen LogP contribution is 2.59. The third kappa shape index (κ3) is 3.05. The number of amides is 1. The fraction of sp³-hybridized carbons (Fsp3) is 0.421. The average Bonchev–Trinajstić information content (AvgIpc) is 3.14. The van der Waals surface area contributed by atoms with E-state index in [1.54, 1.807) is 4.90 Å². The Morgan fingerprint density at radius 3 is 2.72 bits per heavy atom. The SMILES string of the molecule is O=C(OCCC(F)(F)F)N1C[C@H]2C[C@@]2(c2ccc3ccccc3c2)C1. The lowest BCUT2D eigenvalue weighted by Gasteiger charge is -2.21. The third-order valence-corrected chi connectivity index (χ3v) is 5.34. The minimum absolute atomic E-state index is 0.0624. The smallest absolute Gasteiger partial charge is 0.409 e. The van der Waals surface area contributed by atoms with Gasteiger partial charge in [-0.3, -0.25) is 0 Å². The summed E-state index contributed by atoms with van der Waals surface area (Å²) in [6, 6.07) is 14.4. The normalized spacial score (nSPS) is 25.1. The van der Waals surface area contributed by atoms with Gasteiger partial charge in [-0.05, 0) is 28.7 Å². The minimum Gasteiger partial charge on any atom is -0.449 e. The zero-order chi connectivity index (χ0) is 17.7. The van der Waals surface area contributed by atoms with Gasteiger partial charge >= 0.3 is 12.3 Å². The number of nitrogens with zero attached hydrogens (tertiary/aromatic N) is 1. The predicted octanol–water partition coefficient (Wildman–Crippen LogP) is 4.50. The molecule has 1 saturated carbocycles. The molecule has 2 atom stereocenters. The van der Waals surface area contributed by atoms with Crippen molar-refractivity contribution >= 4 is 16.9 Å². The van der Waals surface area contributed by atoms with Gasteiger partial charge in [0.25, 0.3) is 0 Å². The lowest BCUT2D eigenvalue weighted by Crippen LogP contribution is -2.34. The summed E-state index contributed by atoms with van der Waals surface area (Å²) < 4.78 is 41.3. The summed E-state index contributed by atoms with van der Waals surface area (Å²) in [6.07, 6.45) is -5.04. The van der Waals surface area contributed by atoms with Crippen LogP contribution in [0.3, 0.4) is 0 Å². The molecule has 0 unspecified atom stereocenters. The second-order valence-corrected chi connectivity index (χ2v) is 6.98. The molecule has 0 N–H and O–H groups in total. The van der Waals surface area contributed by atoms with E-state index < -0.39 is 25.3 Å². The van der Waals surface area contributed by atoms with Crippen LogP contribution in [0.2, 0.25) is 0 Å². The first-order valence-electron chi connectivity index (χ1n) is 8.35. The lowest BCUT2D eigenvalue weighted by atomic mass is 9.93. The molecule has 1 aliphatic heterocycles. The molecule has 6 heteroatoms. The highest BCUT2D eigenvalue weighted by atomic mass is 19.4. The van der Waals surface area contributed by atoms with Crippen molar-refractivity contribution in [2.75, 3.05) is 19.7 Å². The van der Waals surface area contributed by atoms with Gasteiger partial charge < -0.3 is 9.64 Å². The summed E-state index contributed by atoms with van der Waals surface area (Å²) in [5.41, 5.74) is 1.13. The maximum atomic E-state index is 12.2. The van der Waals surface area contributed by atoms with Gasteiger partial charge in [0.2, 0.25) is 0 Å². The van der Waals surface area contributed by atoms with E-state index in [1.165, 1.54) is 10.9 Å². The van der Waals surface area contributed by atoms with E-state index in [0.29, 0.717) is 19.0 Å². The summed E-state index contributed by atoms with van der Waals surface area (Å²) in [5.74, 6) is 0.365. The van der Waals surface area contributed by atoms with E-state index in [1.807, 2.05) is 12.1 Å². The number of carbonyl (C=O) groups is 1. The average molecular weight is 349 g/mol. The van der Waals surface area contributed by atoms with Crippen molar-refractivity contribution < 1.29 is 22.7 Å². The minimum atomic E-state index is -4.31. The Balaban J connectivity index is 1.43. The molecule has 2 aromatic carbocycles. The van der Waals surface area contributed by atoms with Crippen LogP contribution in [0.1, 0.15) is 18.4 Å². The molecule has 2 aliphatic rings. The standard InChI is InChI=1S/C19H18F3NO2/c20-19(21,22)7-8-25-17(24)23-11-16-10-18(16,12-23)15-6-5-13-3-1-2-4-14(13)9-15/h1-6,9,16H,7-8,10-12H2/t16-,18+/m1/s1. The Morgan fingerprint density at radius 2 is 1.96 bits per heavy atom. The fourth-order valence-corrected chi connectivity index (χ4v) is 3.91. The summed E-state index contributed by atoms with van der Waals surface area (Å²) in [4.78, 5) is 13.6. The number of carbonyl (C=O) groups excluding carboxylic acids is 1. The summed E-state index contributed by atoms with van der Waals surface area (Å²) in [7, 11) is 0. The summed E-state index contributed by atoms with van der Waals surface area (Å²) in [6.45, 7) is 0.449.